The Balaban J connectivity index is 1.78. The number of benzene rings is 1. The molecule has 0 saturated heterocycles. The van der Waals surface area contributed by atoms with E-state index in [9.17, 15) is 9.59 Å². The molecule has 0 atom stereocenters. The Bertz CT molecular complexity index is 829. The standard InChI is InChI=1S/C20H26N4O2/c1-13-8-10-14(11-9-13)24-16-7-5-6-15(16)18(23-24)19(26)21-12-17(25)22-20(2,3)4/h8-11H,5-7,12H2,1-4H3,(H,21,26)(H,22,25). The molecule has 0 spiro atoms. The second-order valence-electron chi connectivity index (χ2n) is 7.86. The number of carbonyl (C=O) groups is 2. The first-order valence-corrected chi connectivity index (χ1v) is 9.01. The lowest BCUT2D eigenvalue weighted by atomic mass is 10.1. The number of aryl methyl sites for hydroxylation is 1. The topological polar surface area (TPSA) is 76.0 Å². The van der Waals surface area contributed by atoms with Crippen molar-refractivity contribution in [2.45, 2.75) is 52.5 Å². The van der Waals surface area contributed by atoms with Crippen LogP contribution in [0.15, 0.2) is 24.3 Å². The predicted octanol–water partition coefficient (Wildman–Crippen LogP) is 2.31. The SMILES string of the molecule is Cc1ccc(-n2nc(C(=O)NCC(=O)NC(C)(C)C)c3c2CCC3)cc1. The number of aromatic nitrogens is 2. The van der Waals surface area contributed by atoms with Crippen LogP contribution in [0.1, 0.15) is 54.5 Å². The molecule has 26 heavy (non-hydrogen) atoms. The summed E-state index contributed by atoms with van der Waals surface area (Å²) in [6, 6.07) is 8.10. The molecule has 0 unspecified atom stereocenters. The van der Waals surface area contributed by atoms with Crippen molar-refractivity contribution >= 4 is 11.8 Å². The lowest BCUT2D eigenvalue weighted by molar-refractivity contribution is -0.121. The molecule has 1 heterocycles. The molecule has 1 aromatic heterocycles. The minimum absolute atomic E-state index is 0.0533. The molecule has 2 amide bonds. The Hall–Kier alpha value is -2.63. The first-order valence-electron chi connectivity index (χ1n) is 9.01. The minimum Gasteiger partial charge on any atom is -0.350 e. The molecule has 3 rings (SSSR count). The zero-order chi connectivity index (χ0) is 18.9. The highest BCUT2D eigenvalue weighted by atomic mass is 16.2. The summed E-state index contributed by atoms with van der Waals surface area (Å²) in [7, 11) is 0. The summed E-state index contributed by atoms with van der Waals surface area (Å²) in [6.07, 6.45) is 2.77. The number of fused-ring (bicyclic) bond motifs is 1. The molecule has 2 N–H and O–H groups in total. The van der Waals surface area contributed by atoms with Crippen molar-refractivity contribution in [3.8, 4) is 5.69 Å². The highest BCUT2D eigenvalue weighted by molar-refractivity contribution is 5.96. The Morgan fingerprint density at radius 1 is 1.15 bits per heavy atom. The molecule has 6 heteroatoms. The van der Waals surface area contributed by atoms with E-state index in [1.165, 1.54) is 5.56 Å². The second kappa shape index (κ2) is 6.94. The van der Waals surface area contributed by atoms with E-state index in [1.807, 2.05) is 56.6 Å². The Morgan fingerprint density at radius 3 is 2.50 bits per heavy atom. The average molecular weight is 354 g/mol. The normalized spacial score (nSPS) is 13.4. The van der Waals surface area contributed by atoms with Crippen LogP contribution in [0.3, 0.4) is 0 Å². The second-order valence-corrected chi connectivity index (χ2v) is 7.86. The van der Waals surface area contributed by atoms with Gasteiger partial charge in [-0.3, -0.25) is 9.59 Å². The third-order valence-electron chi connectivity index (χ3n) is 4.35. The number of nitrogens with zero attached hydrogens (tertiary/aromatic N) is 2. The summed E-state index contributed by atoms with van der Waals surface area (Å²) in [5.74, 6) is -0.501. The Morgan fingerprint density at radius 2 is 1.85 bits per heavy atom. The van der Waals surface area contributed by atoms with E-state index in [2.05, 4.69) is 15.7 Å². The van der Waals surface area contributed by atoms with Crippen molar-refractivity contribution in [2.75, 3.05) is 6.54 Å². The molecule has 0 fully saturated rings. The lowest BCUT2D eigenvalue weighted by Crippen LogP contribution is -2.46. The smallest absolute Gasteiger partial charge is 0.272 e. The van der Waals surface area contributed by atoms with Crippen LogP contribution in [0.25, 0.3) is 5.69 Å². The largest absolute Gasteiger partial charge is 0.350 e. The van der Waals surface area contributed by atoms with Gasteiger partial charge in [0.25, 0.3) is 5.91 Å². The maximum atomic E-state index is 12.6. The van der Waals surface area contributed by atoms with Crippen molar-refractivity contribution in [1.29, 1.82) is 0 Å². The molecule has 1 aliphatic carbocycles. The monoisotopic (exact) mass is 354 g/mol. The summed E-state index contributed by atoms with van der Waals surface area (Å²) < 4.78 is 1.87. The molecule has 1 aliphatic rings. The summed E-state index contributed by atoms with van der Waals surface area (Å²) in [5, 5.41) is 10.1. The van der Waals surface area contributed by atoms with Crippen LogP contribution < -0.4 is 10.6 Å². The van der Waals surface area contributed by atoms with Crippen LogP contribution in [-0.2, 0) is 17.6 Å². The van der Waals surface area contributed by atoms with Gasteiger partial charge in [0, 0.05) is 16.8 Å². The van der Waals surface area contributed by atoms with Crippen molar-refractivity contribution in [3.63, 3.8) is 0 Å². The van der Waals surface area contributed by atoms with Gasteiger partial charge < -0.3 is 10.6 Å². The third-order valence-corrected chi connectivity index (χ3v) is 4.35. The molecule has 0 aliphatic heterocycles. The summed E-state index contributed by atoms with van der Waals surface area (Å²) in [4.78, 5) is 24.5. The lowest BCUT2D eigenvalue weighted by Gasteiger charge is -2.20. The highest BCUT2D eigenvalue weighted by Crippen LogP contribution is 2.27. The van der Waals surface area contributed by atoms with E-state index in [0.29, 0.717) is 5.69 Å². The van der Waals surface area contributed by atoms with Gasteiger partial charge in [-0.1, -0.05) is 17.7 Å². The number of nitrogens with one attached hydrogen (secondary N) is 2. The molecule has 138 valence electrons. The number of rotatable bonds is 4. The van der Waals surface area contributed by atoms with Crippen LogP contribution in [-0.4, -0.2) is 33.7 Å². The van der Waals surface area contributed by atoms with Gasteiger partial charge in [0.1, 0.15) is 0 Å². The van der Waals surface area contributed by atoms with E-state index in [0.717, 1.165) is 36.2 Å². The predicted molar refractivity (Wildman–Crippen MR) is 101 cm³/mol. The van der Waals surface area contributed by atoms with Gasteiger partial charge in [0.05, 0.1) is 12.2 Å². The highest BCUT2D eigenvalue weighted by Gasteiger charge is 2.27. The Kier molecular flexibility index (Phi) is 4.85. The fourth-order valence-electron chi connectivity index (χ4n) is 3.23. The van der Waals surface area contributed by atoms with Crippen LogP contribution in [0.5, 0.6) is 0 Å². The number of hydrogen-bond acceptors (Lipinski definition) is 3. The summed E-state index contributed by atoms with van der Waals surface area (Å²) in [6.45, 7) is 7.70. The number of hydrogen-bond donors (Lipinski definition) is 2. The van der Waals surface area contributed by atoms with Gasteiger partial charge in [-0.15, -0.1) is 0 Å². The molecule has 6 nitrogen and oxygen atoms in total. The molecule has 0 bridgehead atoms. The van der Waals surface area contributed by atoms with E-state index in [-0.39, 0.29) is 23.9 Å². The van der Waals surface area contributed by atoms with Crippen LogP contribution in [0.2, 0.25) is 0 Å². The fourth-order valence-corrected chi connectivity index (χ4v) is 3.23. The fraction of sp³-hybridized carbons (Fsp3) is 0.450. The van der Waals surface area contributed by atoms with Gasteiger partial charge in [-0.05, 0) is 59.1 Å². The van der Waals surface area contributed by atoms with Crippen molar-refractivity contribution in [3.05, 3.63) is 46.8 Å². The first-order chi connectivity index (χ1) is 12.2. The Labute approximate surface area is 154 Å². The first kappa shape index (κ1) is 18.2. The average Bonchev–Trinajstić information content (AvgIpc) is 3.14. The van der Waals surface area contributed by atoms with Gasteiger partial charge in [0.2, 0.25) is 5.91 Å². The third kappa shape index (κ3) is 3.95. The maximum Gasteiger partial charge on any atom is 0.272 e. The molecule has 1 aromatic carbocycles. The van der Waals surface area contributed by atoms with Crippen molar-refractivity contribution in [2.24, 2.45) is 0 Å². The van der Waals surface area contributed by atoms with Crippen molar-refractivity contribution in [1.82, 2.24) is 20.4 Å². The molecular formula is C20H26N4O2. The van der Waals surface area contributed by atoms with Crippen molar-refractivity contribution < 1.29 is 9.59 Å². The van der Waals surface area contributed by atoms with Crippen LogP contribution in [0, 0.1) is 6.92 Å². The van der Waals surface area contributed by atoms with Gasteiger partial charge in [-0.25, -0.2) is 4.68 Å². The van der Waals surface area contributed by atoms with E-state index < -0.39 is 0 Å². The molecule has 0 radical (unpaired) electrons. The van der Waals surface area contributed by atoms with Gasteiger partial charge in [0.15, 0.2) is 5.69 Å². The summed E-state index contributed by atoms with van der Waals surface area (Å²) >= 11 is 0. The maximum absolute atomic E-state index is 12.6. The number of carbonyl (C=O) groups excluding carboxylic acids is 2. The van der Waals surface area contributed by atoms with E-state index in [4.69, 9.17) is 0 Å². The van der Waals surface area contributed by atoms with Crippen LogP contribution in [0.4, 0.5) is 0 Å². The van der Waals surface area contributed by atoms with Gasteiger partial charge in [-0.2, -0.15) is 5.10 Å². The van der Waals surface area contributed by atoms with E-state index in [1.54, 1.807) is 0 Å². The molecule has 0 saturated carbocycles. The quantitative estimate of drug-likeness (QED) is 0.885. The van der Waals surface area contributed by atoms with Crippen LogP contribution >= 0.6 is 0 Å². The minimum atomic E-state index is -0.323. The zero-order valence-corrected chi connectivity index (χ0v) is 15.8. The molecule has 2 aromatic rings. The molecular weight excluding hydrogens is 328 g/mol. The summed E-state index contributed by atoms with van der Waals surface area (Å²) in [5.41, 5.74) is 4.34. The van der Waals surface area contributed by atoms with E-state index >= 15 is 0 Å². The van der Waals surface area contributed by atoms with Gasteiger partial charge >= 0.3 is 0 Å². The zero-order valence-electron chi connectivity index (χ0n) is 15.8. The number of amides is 2.